The van der Waals surface area contributed by atoms with Gasteiger partial charge < -0.3 is 4.57 Å². The van der Waals surface area contributed by atoms with Crippen LogP contribution in [0.3, 0.4) is 0 Å². The first-order chi connectivity index (χ1) is 16.0. The molecule has 1 saturated heterocycles. The van der Waals surface area contributed by atoms with E-state index < -0.39 is 0 Å². The summed E-state index contributed by atoms with van der Waals surface area (Å²) in [7, 11) is 0. The van der Waals surface area contributed by atoms with E-state index >= 15 is 0 Å². The molecule has 2 heterocycles. The fourth-order valence-electron chi connectivity index (χ4n) is 3.88. The zero-order valence-electron chi connectivity index (χ0n) is 17.4. The van der Waals surface area contributed by atoms with Crippen molar-refractivity contribution in [2.45, 2.75) is 13.1 Å². The Bertz CT molecular complexity index is 1410. The van der Waals surface area contributed by atoms with Gasteiger partial charge in [0.15, 0.2) is 0 Å². The third-order valence-corrected chi connectivity index (χ3v) is 7.06. The van der Waals surface area contributed by atoms with Gasteiger partial charge in [-0.1, -0.05) is 71.7 Å². The number of rotatable bonds is 5. The van der Waals surface area contributed by atoms with Gasteiger partial charge in [-0.3, -0.25) is 14.5 Å². The number of thioether (sulfide) groups is 1. The second kappa shape index (κ2) is 9.10. The standard InChI is InChI=1S/C26H18Cl2N2O2S/c27-20-11-9-17(10-12-20)14-29-15-19(21-6-2-4-8-23(21)29)13-24-25(31)30(26(32)33-24)16-18-5-1-3-7-22(18)28/h1-13,15H,14,16H2/b24-13-. The Hall–Kier alpha value is -2.99. The van der Waals surface area contributed by atoms with E-state index in [0.717, 1.165) is 39.4 Å². The first kappa shape index (κ1) is 21.8. The van der Waals surface area contributed by atoms with Crippen LogP contribution >= 0.6 is 35.0 Å². The maximum atomic E-state index is 13.1. The number of aromatic nitrogens is 1. The number of benzene rings is 3. The summed E-state index contributed by atoms with van der Waals surface area (Å²) in [6.07, 6.45) is 3.82. The second-order valence-corrected chi connectivity index (χ2v) is 9.55. The minimum Gasteiger partial charge on any atom is -0.342 e. The lowest BCUT2D eigenvalue weighted by atomic mass is 10.1. The lowest BCUT2D eigenvalue weighted by Crippen LogP contribution is -2.27. The topological polar surface area (TPSA) is 42.3 Å². The van der Waals surface area contributed by atoms with Crippen molar-refractivity contribution in [1.82, 2.24) is 9.47 Å². The van der Waals surface area contributed by atoms with Gasteiger partial charge >= 0.3 is 0 Å². The molecule has 1 aliphatic rings. The summed E-state index contributed by atoms with van der Waals surface area (Å²) in [6.45, 7) is 0.819. The Kier molecular flexibility index (Phi) is 6.02. The van der Waals surface area contributed by atoms with E-state index in [-0.39, 0.29) is 17.7 Å². The number of carbonyl (C=O) groups excluding carboxylic acids is 2. The number of fused-ring (bicyclic) bond motifs is 1. The van der Waals surface area contributed by atoms with Crippen molar-refractivity contribution in [1.29, 1.82) is 0 Å². The van der Waals surface area contributed by atoms with Crippen LogP contribution in [0, 0.1) is 0 Å². The average Bonchev–Trinajstić information content (AvgIpc) is 3.29. The molecule has 4 nitrogen and oxygen atoms in total. The molecule has 1 aliphatic heterocycles. The number of para-hydroxylation sites is 1. The molecule has 4 aromatic rings. The van der Waals surface area contributed by atoms with Crippen molar-refractivity contribution >= 4 is 63.1 Å². The number of hydrogen-bond acceptors (Lipinski definition) is 3. The first-order valence-corrected chi connectivity index (χ1v) is 11.9. The molecular weight excluding hydrogens is 475 g/mol. The molecule has 0 saturated carbocycles. The van der Waals surface area contributed by atoms with Crippen LogP contribution in [0.25, 0.3) is 17.0 Å². The van der Waals surface area contributed by atoms with Crippen LogP contribution in [0.2, 0.25) is 10.0 Å². The predicted molar refractivity (Wildman–Crippen MR) is 135 cm³/mol. The molecule has 164 valence electrons. The van der Waals surface area contributed by atoms with Crippen molar-refractivity contribution in [3.05, 3.63) is 111 Å². The Balaban J connectivity index is 1.46. The monoisotopic (exact) mass is 492 g/mol. The van der Waals surface area contributed by atoms with E-state index in [0.29, 0.717) is 21.5 Å². The SMILES string of the molecule is O=C1S/C(=C\c2cn(Cc3ccc(Cl)cc3)c3ccccc23)C(=O)N1Cc1ccccc1Cl. The fraction of sp³-hybridized carbons (Fsp3) is 0.0769. The van der Waals surface area contributed by atoms with E-state index in [1.54, 1.807) is 12.1 Å². The van der Waals surface area contributed by atoms with E-state index in [2.05, 4.69) is 4.57 Å². The minimum absolute atomic E-state index is 0.153. The molecule has 0 unspecified atom stereocenters. The van der Waals surface area contributed by atoms with Gasteiger partial charge in [0.05, 0.1) is 11.4 Å². The van der Waals surface area contributed by atoms with Gasteiger partial charge in [-0.25, -0.2) is 0 Å². The van der Waals surface area contributed by atoms with Gasteiger partial charge in [0, 0.05) is 39.3 Å². The van der Waals surface area contributed by atoms with Crippen molar-refractivity contribution in [2.75, 3.05) is 0 Å². The lowest BCUT2D eigenvalue weighted by molar-refractivity contribution is -0.123. The zero-order chi connectivity index (χ0) is 22.9. The molecule has 0 N–H and O–H groups in total. The Morgan fingerprint density at radius 2 is 1.58 bits per heavy atom. The maximum absolute atomic E-state index is 13.1. The van der Waals surface area contributed by atoms with Crippen molar-refractivity contribution < 1.29 is 9.59 Å². The number of nitrogens with zero attached hydrogens (tertiary/aromatic N) is 2. The Morgan fingerprint density at radius 3 is 2.36 bits per heavy atom. The van der Waals surface area contributed by atoms with Gasteiger partial charge in [0.2, 0.25) is 0 Å². The summed E-state index contributed by atoms with van der Waals surface area (Å²) in [5, 5.41) is 1.95. The molecule has 0 atom stereocenters. The summed E-state index contributed by atoms with van der Waals surface area (Å²) >= 11 is 13.2. The third kappa shape index (κ3) is 4.44. The molecule has 1 aromatic heterocycles. The van der Waals surface area contributed by atoms with Crippen LogP contribution in [0.5, 0.6) is 0 Å². The van der Waals surface area contributed by atoms with Gasteiger partial charge in [-0.2, -0.15) is 0 Å². The zero-order valence-corrected chi connectivity index (χ0v) is 19.7. The molecule has 33 heavy (non-hydrogen) atoms. The number of halogens is 2. The highest BCUT2D eigenvalue weighted by atomic mass is 35.5. The summed E-state index contributed by atoms with van der Waals surface area (Å²) in [6, 6.07) is 23.0. The van der Waals surface area contributed by atoms with Gasteiger partial charge in [0.1, 0.15) is 0 Å². The molecule has 0 radical (unpaired) electrons. The molecule has 2 amide bonds. The van der Waals surface area contributed by atoms with Crippen LogP contribution < -0.4 is 0 Å². The first-order valence-electron chi connectivity index (χ1n) is 10.3. The molecule has 7 heteroatoms. The summed E-state index contributed by atoms with van der Waals surface area (Å²) in [4.78, 5) is 27.3. The van der Waals surface area contributed by atoms with Crippen LogP contribution in [-0.4, -0.2) is 20.6 Å². The second-order valence-electron chi connectivity index (χ2n) is 7.72. The number of carbonyl (C=O) groups is 2. The summed E-state index contributed by atoms with van der Waals surface area (Å²) < 4.78 is 2.14. The van der Waals surface area contributed by atoms with Gasteiger partial charge in [0.25, 0.3) is 11.1 Å². The van der Waals surface area contributed by atoms with Crippen molar-refractivity contribution in [3.63, 3.8) is 0 Å². The number of imide groups is 1. The highest BCUT2D eigenvalue weighted by molar-refractivity contribution is 8.18. The molecule has 0 bridgehead atoms. The third-order valence-electron chi connectivity index (χ3n) is 5.53. The smallest absolute Gasteiger partial charge is 0.293 e. The molecule has 0 spiro atoms. The van der Waals surface area contributed by atoms with Gasteiger partial charge in [-0.05, 0) is 53.2 Å². The number of hydrogen-bond donors (Lipinski definition) is 0. The average molecular weight is 493 g/mol. The minimum atomic E-state index is -0.306. The van der Waals surface area contributed by atoms with Gasteiger partial charge in [-0.15, -0.1) is 0 Å². The van der Waals surface area contributed by atoms with E-state index in [9.17, 15) is 9.59 Å². The summed E-state index contributed by atoms with van der Waals surface area (Å²) in [5.41, 5.74) is 3.80. The van der Waals surface area contributed by atoms with E-state index in [4.69, 9.17) is 23.2 Å². The van der Waals surface area contributed by atoms with Crippen molar-refractivity contribution in [2.24, 2.45) is 0 Å². The van der Waals surface area contributed by atoms with Crippen LogP contribution in [0.15, 0.2) is 83.9 Å². The molecule has 3 aromatic carbocycles. The largest absolute Gasteiger partial charge is 0.342 e. The summed E-state index contributed by atoms with van der Waals surface area (Å²) in [5.74, 6) is -0.306. The highest BCUT2D eigenvalue weighted by Crippen LogP contribution is 2.35. The normalized spacial score (nSPS) is 15.2. The lowest BCUT2D eigenvalue weighted by Gasteiger charge is -2.13. The molecule has 1 fully saturated rings. The van der Waals surface area contributed by atoms with E-state index in [1.165, 1.54) is 4.90 Å². The van der Waals surface area contributed by atoms with Crippen LogP contribution in [0.1, 0.15) is 16.7 Å². The highest BCUT2D eigenvalue weighted by Gasteiger charge is 2.35. The molecule has 0 aliphatic carbocycles. The Morgan fingerprint density at radius 1 is 0.848 bits per heavy atom. The van der Waals surface area contributed by atoms with Crippen molar-refractivity contribution in [3.8, 4) is 0 Å². The molecular formula is C26H18Cl2N2O2S. The molecule has 5 rings (SSSR count). The number of amides is 2. The Labute approximate surface area is 205 Å². The van der Waals surface area contributed by atoms with E-state index in [1.807, 2.05) is 72.9 Å². The fourth-order valence-corrected chi connectivity index (χ4v) is 5.03. The predicted octanol–water partition coefficient (Wildman–Crippen LogP) is 7.23. The quantitative estimate of drug-likeness (QED) is 0.276. The maximum Gasteiger partial charge on any atom is 0.293 e. The van der Waals surface area contributed by atoms with Crippen LogP contribution in [0.4, 0.5) is 4.79 Å². The van der Waals surface area contributed by atoms with Crippen LogP contribution in [-0.2, 0) is 17.9 Å².